The summed E-state index contributed by atoms with van der Waals surface area (Å²) in [5.41, 5.74) is 7.26. The van der Waals surface area contributed by atoms with Crippen molar-refractivity contribution < 1.29 is 14.3 Å². The van der Waals surface area contributed by atoms with Gasteiger partial charge in [0.1, 0.15) is 17.3 Å². The number of amides is 1. The van der Waals surface area contributed by atoms with E-state index in [9.17, 15) is 4.79 Å². The number of nitrogens with two attached hydrogens (primary N) is 1. The molecule has 0 spiro atoms. The summed E-state index contributed by atoms with van der Waals surface area (Å²) < 4.78 is 10.1. The molecular weight excluding hydrogens is 252 g/mol. The molecule has 1 fully saturated rings. The fourth-order valence-corrected chi connectivity index (χ4v) is 2.00. The Bertz CT molecular complexity index is 490. The minimum absolute atomic E-state index is 0.276. The Morgan fingerprint density at radius 2 is 2.39 bits per heavy atom. The topological polar surface area (TPSA) is 64.8 Å². The van der Waals surface area contributed by atoms with Crippen LogP contribution in [0.1, 0.15) is 11.1 Å². The summed E-state index contributed by atoms with van der Waals surface area (Å²) in [6, 6.07) is 5.52. The molecule has 1 aliphatic rings. The molecule has 96 valence electrons. The summed E-state index contributed by atoms with van der Waals surface area (Å²) >= 11 is 4.97. The van der Waals surface area contributed by atoms with Gasteiger partial charge in [0.25, 0.3) is 0 Å². The molecule has 0 aromatic heterocycles. The van der Waals surface area contributed by atoms with Crippen LogP contribution in [0.15, 0.2) is 18.2 Å². The number of rotatable bonds is 4. The molecule has 1 aliphatic heterocycles. The highest BCUT2D eigenvalue weighted by Crippen LogP contribution is 2.21. The molecule has 0 unspecified atom stereocenters. The van der Waals surface area contributed by atoms with E-state index in [1.807, 2.05) is 12.1 Å². The van der Waals surface area contributed by atoms with E-state index < -0.39 is 0 Å². The molecule has 1 saturated heterocycles. The van der Waals surface area contributed by atoms with Gasteiger partial charge in [-0.2, -0.15) is 0 Å². The van der Waals surface area contributed by atoms with E-state index in [2.05, 4.69) is 0 Å². The second-order valence-corrected chi connectivity index (χ2v) is 4.37. The number of ether oxygens (including phenoxy) is 2. The maximum atomic E-state index is 11.3. The molecule has 1 amide bonds. The lowest BCUT2D eigenvalue weighted by Crippen LogP contribution is -2.23. The average Bonchev–Trinajstić information content (AvgIpc) is 2.75. The Morgan fingerprint density at radius 1 is 1.61 bits per heavy atom. The van der Waals surface area contributed by atoms with Gasteiger partial charge in [0.15, 0.2) is 0 Å². The molecule has 0 radical (unpaired) electrons. The lowest BCUT2D eigenvalue weighted by Gasteiger charge is -2.14. The van der Waals surface area contributed by atoms with Crippen LogP contribution in [0.4, 0.5) is 4.79 Å². The summed E-state index contributed by atoms with van der Waals surface area (Å²) in [6.45, 7) is 1.53. The van der Waals surface area contributed by atoms with Crippen LogP contribution in [0.5, 0.6) is 5.75 Å². The number of carbonyl (C=O) groups is 1. The lowest BCUT2D eigenvalue weighted by atomic mass is 10.1. The van der Waals surface area contributed by atoms with Crippen molar-refractivity contribution in [1.82, 2.24) is 4.90 Å². The van der Waals surface area contributed by atoms with Crippen molar-refractivity contribution >= 4 is 23.3 Å². The fourth-order valence-electron chi connectivity index (χ4n) is 1.84. The fraction of sp³-hybridized carbons (Fsp3) is 0.333. The van der Waals surface area contributed by atoms with Crippen LogP contribution in [0.2, 0.25) is 0 Å². The van der Waals surface area contributed by atoms with Crippen LogP contribution in [0, 0.1) is 0 Å². The Balaban J connectivity index is 2.21. The summed E-state index contributed by atoms with van der Waals surface area (Å²) in [5, 5.41) is 0. The standard InChI is InChI=1S/C12H14N2O3S/c1-16-10-3-2-8(6-9(10)11(13)18)7-14-4-5-17-12(14)15/h2-3,6H,4-5,7H2,1H3,(H2,13,18). The van der Waals surface area contributed by atoms with Crippen LogP contribution in [-0.2, 0) is 11.3 Å². The van der Waals surface area contributed by atoms with Crippen LogP contribution in [-0.4, -0.2) is 36.2 Å². The monoisotopic (exact) mass is 266 g/mol. The molecule has 18 heavy (non-hydrogen) atoms. The van der Waals surface area contributed by atoms with E-state index in [1.165, 1.54) is 0 Å². The van der Waals surface area contributed by atoms with Crippen LogP contribution < -0.4 is 10.5 Å². The molecule has 2 N–H and O–H groups in total. The zero-order chi connectivity index (χ0) is 13.1. The van der Waals surface area contributed by atoms with Gasteiger partial charge in [-0.15, -0.1) is 0 Å². The zero-order valence-electron chi connectivity index (χ0n) is 10.0. The Morgan fingerprint density at radius 3 is 2.94 bits per heavy atom. The van der Waals surface area contributed by atoms with Crippen LogP contribution >= 0.6 is 12.2 Å². The quantitative estimate of drug-likeness (QED) is 0.832. The van der Waals surface area contributed by atoms with Gasteiger partial charge in [-0.1, -0.05) is 18.3 Å². The molecule has 0 aliphatic carbocycles. The van der Waals surface area contributed by atoms with Crippen molar-refractivity contribution in [2.45, 2.75) is 6.54 Å². The summed E-state index contributed by atoms with van der Waals surface area (Å²) in [5.74, 6) is 0.634. The lowest BCUT2D eigenvalue weighted by molar-refractivity contribution is 0.157. The Hall–Kier alpha value is -1.82. The first-order valence-corrected chi connectivity index (χ1v) is 5.91. The van der Waals surface area contributed by atoms with Crippen molar-refractivity contribution in [3.8, 4) is 5.75 Å². The summed E-state index contributed by atoms with van der Waals surface area (Å²) in [4.78, 5) is 13.3. The first-order valence-electron chi connectivity index (χ1n) is 5.50. The number of carbonyl (C=O) groups excluding carboxylic acids is 1. The van der Waals surface area contributed by atoms with E-state index in [1.54, 1.807) is 18.1 Å². The number of nitrogens with zero attached hydrogens (tertiary/aromatic N) is 1. The number of hydrogen-bond acceptors (Lipinski definition) is 4. The van der Waals surface area contributed by atoms with Crippen molar-refractivity contribution in [3.05, 3.63) is 29.3 Å². The maximum absolute atomic E-state index is 11.3. The predicted octanol–water partition coefficient (Wildman–Crippen LogP) is 1.28. The molecule has 6 heteroatoms. The van der Waals surface area contributed by atoms with Crippen LogP contribution in [0.25, 0.3) is 0 Å². The van der Waals surface area contributed by atoms with Gasteiger partial charge in [-0.3, -0.25) is 0 Å². The van der Waals surface area contributed by atoms with Gasteiger partial charge in [-0.05, 0) is 17.7 Å². The predicted molar refractivity (Wildman–Crippen MR) is 70.6 cm³/mol. The third-order valence-corrected chi connectivity index (χ3v) is 2.97. The number of hydrogen-bond donors (Lipinski definition) is 1. The van der Waals surface area contributed by atoms with E-state index in [-0.39, 0.29) is 11.1 Å². The normalized spacial score (nSPS) is 14.5. The van der Waals surface area contributed by atoms with E-state index in [0.717, 1.165) is 5.56 Å². The minimum atomic E-state index is -0.289. The molecule has 5 nitrogen and oxygen atoms in total. The van der Waals surface area contributed by atoms with Crippen LogP contribution in [0.3, 0.4) is 0 Å². The number of methoxy groups -OCH3 is 1. The highest BCUT2D eigenvalue weighted by atomic mass is 32.1. The molecule has 1 heterocycles. The maximum Gasteiger partial charge on any atom is 0.410 e. The summed E-state index contributed by atoms with van der Waals surface area (Å²) in [7, 11) is 1.56. The Labute approximate surface area is 110 Å². The van der Waals surface area contributed by atoms with Gasteiger partial charge in [0, 0.05) is 6.54 Å². The van der Waals surface area contributed by atoms with E-state index >= 15 is 0 Å². The molecule has 2 rings (SSSR count). The number of thiocarbonyl (C=S) groups is 1. The number of cyclic esters (lactones) is 1. The first-order chi connectivity index (χ1) is 8.61. The van der Waals surface area contributed by atoms with Gasteiger partial charge in [-0.25, -0.2) is 4.79 Å². The smallest absolute Gasteiger partial charge is 0.410 e. The minimum Gasteiger partial charge on any atom is -0.496 e. The van der Waals surface area contributed by atoms with Gasteiger partial charge < -0.3 is 20.1 Å². The van der Waals surface area contributed by atoms with E-state index in [4.69, 9.17) is 27.4 Å². The molecule has 1 aromatic carbocycles. The molecule has 0 bridgehead atoms. The third kappa shape index (κ3) is 2.53. The first kappa shape index (κ1) is 12.6. The highest BCUT2D eigenvalue weighted by molar-refractivity contribution is 7.80. The van der Waals surface area contributed by atoms with Crippen molar-refractivity contribution in [2.75, 3.05) is 20.3 Å². The average molecular weight is 266 g/mol. The number of benzene rings is 1. The summed E-state index contributed by atoms with van der Waals surface area (Å²) in [6.07, 6.45) is -0.289. The molecule has 1 aromatic rings. The van der Waals surface area contributed by atoms with Gasteiger partial charge >= 0.3 is 6.09 Å². The second-order valence-electron chi connectivity index (χ2n) is 3.93. The van der Waals surface area contributed by atoms with Crippen molar-refractivity contribution in [1.29, 1.82) is 0 Å². The third-order valence-electron chi connectivity index (χ3n) is 2.75. The highest BCUT2D eigenvalue weighted by Gasteiger charge is 2.22. The van der Waals surface area contributed by atoms with Gasteiger partial charge in [0.05, 0.1) is 19.2 Å². The molecule has 0 saturated carbocycles. The van der Waals surface area contributed by atoms with Gasteiger partial charge in [0.2, 0.25) is 0 Å². The Kier molecular flexibility index (Phi) is 3.66. The largest absolute Gasteiger partial charge is 0.496 e. The SMILES string of the molecule is COc1ccc(CN2CCOC2=O)cc1C(N)=S. The zero-order valence-corrected chi connectivity index (χ0v) is 10.8. The van der Waals surface area contributed by atoms with Crippen molar-refractivity contribution in [3.63, 3.8) is 0 Å². The van der Waals surface area contributed by atoms with E-state index in [0.29, 0.717) is 31.0 Å². The molecular formula is C12H14N2O3S. The second kappa shape index (κ2) is 5.22. The van der Waals surface area contributed by atoms with Crippen molar-refractivity contribution in [2.24, 2.45) is 5.73 Å². The molecule has 0 atom stereocenters.